The van der Waals surface area contributed by atoms with Crippen molar-refractivity contribution in [2.45, 2.75) is 0 Å². The van der Waals surface area contributed by atoms with Crippen molar-refractivity contribution in [3.8, 4) is 5.75 Å². The number of nitrogen functional groups attached to an aromatic ring is 1. The van der Waals surface area contributed by atoms with Crippen LogP contribution in [-0.4, -0.2) is 5.11 Å². The van der Waals surface area contributed by atoms with Gasteiger partial charge in [0.2, 0.25) is 0 Å². The molecule has 0 aliphatic rings. The molecule has 0 spiro atoms. The van der Waals surface area contributed by atoms with Crippen LogP contribution in [0, 0.1) is 11.6 Å². The van der Waals surface area contributed by atoms with Crippen LogP contribution in [0.4, 0.5) is 14.5 Å². The first kappa shape index (κ1) is 9.97. The van der Waals surface area contributed by atoms with Gasteiger partial charge in [-0.25, -0.2) is 8.78 Å². The van der Waals surface area contributed by atoms with Gasteiger partial charge in [0.15, 0.2) is 11.6 Å². The minimum atomic E-state index is -1.14. The van der Waals surface area contributed by atoms with Crippen molar-refractivity contribution in [1.29, 1.82) is 0 Å². The Kier molecular flexibility index (Phi) is 3.07. The monoisotopic (exact) mass is 181 g/mol. The highest BCUT2D eigenvalue weighted by molar-refractivity contribution is 5.85. The standard InChI is InChI=1S/C6H5F2NO.ClH/c7-4-1-3(10)2-5(9)6(4)8;/h1-2,10H,9H2;1H. The van der Waals surface area contributed by atoms with Crippen molar-refractivity contribution in [1.82, 2.24) is 0 Å². The second kappa shape index (κ2) is 3.39. The zero-order valence-corrected chi connectivity index (χ0v) is 6.16. The van der Waals surface area contributed by atoms with Crippen molar-refractivity contribution < 1.29 is 13.9 Å². The van der Waals surface area contributed by atoms with Crippen LogP contribution in [0.25, 0.3) is 0 Å². The van der Waals surface area contributed by atoms with Gasteiger partial charge in [0.25, 0.3) is 0 Å². The van der Waals surface area contributed by atoms with Gasteiger partial charge in [0.05, 0.1) is 5.69 Å². The number of anilines is 1. The minimum Gasteiger partial charge on any atom is -0.508 e. The molecule has 3 N–H and O–H groups in total. The first-order valence-corrected chi connectivity index (χ1v) is 2.54. The van der Waals surface area contributed by atoms with Crippen molar-refractivity contribution in [2.24, 2.45) is 0 Å². The van der Waals surface area contributed by atoms with E-state index in [0.29, 0.717) is 6.07 Å². The Bertz CT molecular complexity index is 244. The highest BCUT2D eigenvalue weighted by Crippen LogP contribution is 2.20. The number of hydrogen-bond donors (Lipinski definition) is 2. The van der Waals surface area contributed by atoms with Crippen molar-refractivity contribution in [3.63, 3.8) is 0 Å². The summed E-state index contributed by atoms with van der Waals surface area (Å²) in [5, 5.41) is 8.63. The van der Waals surface area contributed by atoms with Gasteiger partial charge in [-0.2, -0.15) is 0 Å². The molecule has 1 aromatic carbocycles. The smallest absolute Gasteiger partial charge is 0.181 e. The van der Waals surface area contributed by atoms with E-state index in [1.54, 1.807) is 0 Å². The molecule has 1 aromatic rings. The number of rotatable bonds is 0. The second-order valence-corrected chi connectivity index (χ2v) is 1.83. The number of nitrogens with two attached hydrogens (primary N) is 1. The third kappa shape index (κ3) is 1.94. The molecule has 0 aromatic heterocycles. The molecule has 0 fully saturated rings. The van der Waals surface area contributed by atoms with E-state index >= 15 is 0 Å². The predicted octanol–water partition coefficient (Wildman–Crippen LogP) is 1.67. The zero-order valence-electron chi connectivity index (χ0n) is 5.34. The van der Waals surface area contributed by atoms with E-state index in [-0.39, 0.29) is 18.2 Å². The number of phenols is 1. The van der Waals surface area contributed by atoms with Crippen molar-refractivity contribution >= 4 is 18.1 Å². The molecule has 0 aliphatic carbocycles. The van der Waals surface area contributed by atoms with Gasteiger partial charge in [-0.1, -0.05) is 0 Å². The van der Waals surface area contributed by atoms with Gasteiger partial charge in [-0.3, -0.25) is 0 Å². The van der Waals surface area contributed by atoms with Crippen molar-refractivity contribution in [2.75, 3.05) is 5.73 Å². The van der Waals surface area contributed by atoms with Gasteiger partial charge >= 0.3 is 0 Å². The van der Waals surface area contributed by atoms with Crippen LogP contribution >= 0.6 is 12.4 Å². The zero-order chi connectivity index (χ0) is 7.72. The molecule has 0 unspecified atom stereocenters. The van der Waals surface area contributed by atoms with Crippen LogP contribution in [0.5, 0.6) is 5.75 Å². The van der Waals surface area contributed by atoms with E-state index in [1.807, 2.05) is 0 Å². The topological polar surface area (TPSA) is 46.2 Å². The maximum atomic E-state index is 12.3. The molecular formula is C6H6ClF2NO. The molecule has 0 amide bonds. The highest BCUT2D eigenvalue weighted by atomic mass is 35.5. The Balaban J connectivity index is 0.000001000. The molecule has 0 atom stereocenters. The Morgan fingerprint density at radius 1 is 1.27 bits per heavy atom. The van der Waals surface area contributed by atoms with E-state index in [0.717, 1.165) is 6.07 Å². The minimum absolute atomic E-state index is 0. The lowest BCUT2D eigenvalue weighted by molar-refractivity contribution is 0.456. The number of benzene rings is 1. The summed E-state index contributed by atoms with van der Waals surface area (Å²) in [6, 6.07) is 1.60. The molecule has 5 heteroatoms. The summed E-state index contributed by atoms with van der Waals surface area (Å²) in [6.45, 7) is 0. The Morgan fingerprint density at radius 3 is 2.27 bits per heavy atom. The summed E-state index contributed by atoms with van der Waals surface area (Å²) in [4.78, 5) is 0. The molecular weight excluding hydrogens is 176 g/mol. The molecule has 0 saturated heterocycles. The van der Waals surface area contributed by atoms with E-state index < -0.39 is 17.3 Å². The number of phenolic OH excluding ortho intramolecular Hbond substituents is 1. The number of halogens is 3. The largest absolute Gasteiger partial charge is 0.508 e. The Labute approximate surface area is 68.0 Å². The van der Waals surface area contributed by atoms with Gasteiger partial charge in [0, 0.05) is 12.1 Å². The maximum absolute atomic E-state index is 12.3. The first-order valence-electron chi connectivity index (χ1n) is 2.54. The molecule has 1 rings (SSSR count). The lowest BCUT2D eigenvalue weighted by atomic mass is 10.3. The van der Waals surface area contributed by atoms with Crippen LogP contribution in [0.3, 0.4) is 0 Å². The fraction of sp³-hybridized carbons (Fsp3) is 0. The van der Waals surface area contributed by atoms with Gasteiger partial charge < -0.3 is 10.8 Å². The summed E-state index contributed by atoms with van der Waals surface area (Å²) in [5.41, 5.74) is 4.56. The quantitative estimate of drug-likeness (QED) is 0.598. The normalized spacial score (nSPS) is 8.91. The third-order valence-electron chi connectivity index (χ3n) is 1.04. The van der Waals surface area contributed by atoms with Gasteiger partial charge in [0.1, 0.15) is 5.75 Å². The Hall–Kier alpha value is -1.03. The summed E-state index contributed by atoms with van der Waals surface area (Å²) in [7, 11) is 0. The van der Waals surface area contributed by atoms with E-state index in [2.05, 4.69) is 0 Å². The molecule has 11 heavy (non-hydrogen) atoms. The predicted molar refractivity (Wildman–Crippen MR) is 39.7 cm³/mol. The maximum Gasteiger partial charge on any atom is 0.181 e. The van der Waals surface area contributed by atoms with Crippen LogP contribution < -0.4 is 5.73 Å². The SMILES string of the molecule is Cl.Nc1cc(O)cc(F)c1F. The lowest BCUT2D eigenvalue weighted by Crippen LogP contribution is -1.92. The van der Waals surface area contributed by atoms with Gasteiger partial charge in [-0.05, 0) is 0 Å². The average molecular weight is 182 g/mol. The molecule has 0 heterocycles. The third-order valence-corrected chi connectivity index (χ3v) is 1.04. The molecule has 62 valence electrons. The van der Waals surface area contributed by atoms with Crippen molar-refractivity contribution in [3.05, 3.63) is 23.8 Å². The number of aromatic hydroxyl groups is 1. The summed E-state index contributed by atoms with van der Waals surface area (Å²) < 4.78 is 24.5. The second-order valence-electron chi connectivity index (χ2n) is 1.83. The number of hydrogen-bond acceptors (Lipinski definition) is 2. The van der Waals surface area contributed by atoms with Gasteiger partial charge in [-0.15, -0.1) is 12.4 Å². The molecule has 0 aliphatic heterocycles. The Morgan fingerprint density at radius 2 is 1.82 bits per heavy atom. The fourth-order valence-electron chi connectivity index (χ4n) is 0.595. The summed E-state index contributed by atoms with van der Waals surface area (Å²) in [5.74, 6) is -2.65. The molecule has 0 saturated carbocycles. The molecule has 0 radical (unpaired) electrons. The summed E-state index contributed by atoms with van der Waals surface area (Å²) in [6.07, 6.45) is 0. The van der Waals surface area contributed by atoms with Crippen LogP contribution in [0.15, 0.2) is 12.1 Å². The van der Waals surface area contributed by atoms with E-state index in [4.69, 9.17) is 10.8 Å². The summed E-state index contributed by atoms with van der Waals surface area (Å²) >= 11 is 0. The lowest BCUT2D eigenvalue weighted by Gasteiger charge is -1.97. The van der Waals surface area contributed by atoms with Crippen LogP contribution in [-0.2, 0) is 0 Å². The highest BCUT2D eigenvalue weighted by Gasteiger charge is 2.06. The van der Waals surface area contributed by atoms with E-state index in [9.17, 15) is 8.78 Å². The fourth-order valence-corrected chi connectivity index (χ4v) is 0.595. The average Bonchev–Trinajstić information content (AvgIpc) is 1.82. The first-order chi connectivity index (χ1) is 4.61. The van der Waals surface area contributed by atoms with Crippen LogP contribution in [0.2, 0.25) is 0 Å². The molecule has 2 nitrogen and oxygen atoms in total. The molecule has 0 bridgehead atoms. The van der Waals surface area contributed by atoms with Crippen LogP contribution in [0.1, 0.15) is 0 Å². The van der Waals surface area contributed by atoms with E-state index in [1.165, 1.54) is 0 Å².